The second-order valence-electron chi connectivity index (χ2n) is 4.57. The number of nitrogens with one attached hydrogen (secondary N) is 1. The zero-order valence-corrected chi connectivity index (χ0v) is 10.5. The Morgan fingerprint density at radius 1 is 1.50 bits per heavy atom. The molecule has 0 amide bonds. The molecule has 1 aliphatic heterocycles. The first kappa shape index (κ1) is 13.4. The normalized spacial score (nSPS) is 19.7. The highest BCUT2D eigenvalue weighted by Gasteiger charge is 2.21. The first-order chi connectivity index (χ1) is 8.66. The lowest BCUT2D eigenvalue weighted by molar-refractivity contribution is 0.145. The summed E-state index contributed by atoms with van der Waals surface area (Å²) in [5.74, 6) is 0.349. The van der Waals surface area contributed by atoms with Crippen molar-refractivity contribution in [3.05, 3.63) is 29.1 Å². The van der Waals surface area contributed by atoms with E-state index in [4.69, 9.17) is 4.74 Å². The van der Waals surface area contributed by atoms with Crippen LogP contribution in [0.3, 0.4) is 0 Å². The van der Waals surface area contributed by atoms with Crippen LogP contribution in [0.2, 0.25) is 0 Å². The molecule has 0 radical (unpaired) electrons. The molecule has 0 saturated carbocycles. The molecule has 1 saturated heterocycles. The largest absolute Gasteiger partial charge is 0.381 e. The van der Waals surface area contributed by atoms with E-state index in [1.165, 1.54) is 0 Å². The average Bonchev–Trinajstić information content (AvgIpc) is 2.82. The van der Waals surface area contributed by atoms with Crippen LogP contribution < -0.4 is 5.32 Å². The van der Waals surface area contributed by atoms with Crippen LogP contribution in [0.1, 0.15) is 29.3 Å². The summed E-state index contributed by atoms with van der Waals surface area (Å²) in [5, 5.41) is 2.74. The van der Waals surface area contributed by atoms with Gasteiger partial charge < -0.3 is 10.1 Å². The number of alkyl halides is 2. The molecule has 3 nitrogen and oxygen atoms in total. The van der Waals surface area contributed by atoms with Gasteiger partial charge in [0.25, 0.3) is 6.43 Å². The Labute approximate surface area is 106 Å². The number of ether oxygens (including phenoxy) is 1. The summed E-state index contributed by atoms with van der Waals surface area (Å²) in [6, 6.07) is 4.01. The molecule has 0 aromatic carbocycles. The second kappa shape index (κ2) is 6.20. The van der Waals surface area contributed by atoms with Crippen LogP contribution >= 0.6 is 0 Å². The lowest BCUT2D eigenvalue weighted by atomic mass is 9.96. The summed E-state index contributed by atoms with van der Waals surface area (Å²) in [4.78, 5) is 4.45. The fourth-order valence-corrected chi connectivity index (χ4v) is 2.21. The van der Waals surface area contributed by atoms with E-state index >= 15 is 0 Å². The van der Waals surface area contributed by atoms with Crippen molar-refractivity contribution in [2.75, 3.05) is 19.8 Å². The molecule has 0 unspecified atom stereocenters. The predicted octanol–water partition coefficient (Wildman–Crippen LogP) is 2.25. The highest BCUT2D eigenvalue weighted by atomic mass is 19.3. The van der Waals surface area contributed by atoms with Gasteiger partial charge in [0, 0.05) is 24.8 Å². The van der Waals surface area contributed by atoms with E-state index in [2.05, 4.69) is 10.3 Å². The Bertz CT molecular complexity index is 393. The Kier molecular flexibility index (Phi) is 4.60. The third kappa shape index (κ3) is 3.46. The van der Waals surface area contributed by atoms with Crippen LogP contribution in [0, 0.1) is 6.92 Å². The first-order valence-electron chi connectivity index (χ1n) is 6.20. The average molecular weight is 256 g/mol. The number of halogens is 2. The van der Waals surface area contributed by atoms with Crippen LogP contribution in [0.5, 0.6) is 0 Å². The molecule has 1 aromatic rings. The maximum atomic E-state index is 12.1. The van der Waals surface area contributed by atoms with E-state index in [9.17, 15) is 8.78 Å². The van der Waals surface area contributed by atoms with Crippen molar-refractivity contribution < 1.29 is 13.5 Å². The summed E-state index contributed by atoms with van der Waals surface area (Å²) in [6.45, 7) is 3.47. The number of rotatable bonds is 5. The molecule has 1 N–H and O–H groups in total. The maximum absolute atomic E-state index is 12.1. The number of pyridine rings is 1. The highest BCUT2D eigenvalue weighted by Crippen LogP contribution is 2.27. The number of nitrogens with zero attached hydrogens (tertiary/aromatic N) is 1. The van der Waals surface area contributed by atoms with Gasteiger partial charge in [-0.25, -0.2) is 8.78 Å². The summed E-state index contributed by atoms with van der Waals surface area (Å²) in [7, 11) is 0. The lowest BCUT2D eigenvalue weighted by Crippen LogP contribution is -2.22. The fraction of sp³-hybridized carbons (Fsp3) is 0.615. The van der Waals surface area contributed by atoms with Gasteiger partial charge in [0.05, 0.1) is 18.8 Å². The molecule has 0 bridgehead atoms. The van der Waals surface area contributed by atoms with Gasteiger partial charge in [0.1, 0.15) is 0 Å². The van der Waals surface area contributed by atoms with E-state index < -0.39 is 6.43 Å². The fourth-order valence-electron chi connectivity index (χ4n) is 2.21. The van der Waals surface area contributed by atoms with E-state index in [0.29, 0.717) is 19.1 Å². The van der Waals surface area contributed by atoms with Crippen molar-refractivity contribution >= 4 is 0 Å². The summed E-state index contributed by atoms with van der Waals surface area (Å²) < 4.78 is 29.6. The van der Waals surface area contributed by atoms with Gasteiger partial charge in [-0.3, -0.25) is 4.98 Å². The van der Waals surface area contributed by atoms with Gasteiger partial charge in [-0.2, -0.15) is 0 Å². The van der Waals surface area contributed by atoms with Gasteiger partial charge in [-0.05, 0) is 25.0 Å². The van der Waals surface area contributed by atoms with Crippen LogP contribution in [-0.4, -0.2) is 31.2 Å². The van der Waals surface area contributed by atoms with E-state index in [0.717, 1.165) is 30.0 Å². The second-order valence-corrected chi connectivity index (χ2v) is 4.57. The Balaban J connectivity index is 2.07. The zero-order valence-electron chi connectivity index (χ0n) is 10.5. The van der Waals surface area contributed by atoms with E-state index in [1.54, 1.807) is 0 Å². The summed E-state index contributed by atoms with van der Waals surface area (Å²) >= 11 is 0. The van der Waals surface area contributed by atoms with E-state index in [1.807, 2.05) is 19.1 Å². The number of hydrogen-bond acceptors (Lipinski definition) is 3. The van der Waals surface area contributed by atoms with Crippen LogP contribution in [0.25, 0.3) is 0 Å². The van der Waals surface area contributed by atoms with Crippen molar-refractivity contribution in [2.45, 2.75) is 32.2 Å². The summed E-state index contributed by atoms with van der Waals surface area (Å²) in [5.41, 5.74) is 2.90. The Morgan fingerprint density at radius 2 is 2.33 bits per heavy atom. The molecule has 1 aromatic heterocycles. The minimum absolute atomic E-state index is 0.295. The summed E-state index contributed by atoms with van der Waals surface area (Å²) in [6.07, 6.45) is -1.35. The van der Waals surface area contributed by atoms with Crippen molar-refractivity contribution in [1.82, 2.24) is 10.3 Å². The van der Waals surface area contributed by atoms with E-state index in [-0.39, 0.29) is 6.54 Å². The molecule has 18 heavy (non-hydrogen) atoms. The minimum Gasteiger partial charge on any atom is -0.381 e. The Hall–Kier alpha value is -1.07. The number of hydrogen-bond donors (Lipinski definition) is 1. The van der Waals surface area contributed by atoms with Gasteiger partial charge >= 0.3 is 0 Å². The molecule has 2 rings (SSSR count). The molecule has 0 spiro atoms. The number of aryl methyl sites for hydroxylation is 1. The van der Waals surface area contributed by atoms with Gasteiger partial charge in [-0.1, -0.05) is 6.07 Å². The SMILES string of the molecule is Cc1ccc([C@@H]2CCOC2)c(CNCC(F)F)n1. The quantitative estimate of drug-likeness (QED) is 0.877. The molecule has 5 heteroatoms. The van der Waals surface area contributed by atoms with Crippen LogP contribution in [-0.2, 0) is 11.3 Å². The third-order valence-corrected chi connectivity index (χ3v) is 3.11. The third-order valence-electron chi connectivity index (χ3n) is 3.11. The number of aromatic nitrogens is 1. The van der Waals surface area contributed by atoms with Crippen molar-refractivity contribution in [3.8, 4) is 0 Å². The first-order valence-corrected chi connectivity index (χ1v) is 6.20. The standard InChI is InChI=1S/C13H18F2N2O/c1-9-2-3-11(10-4-5-18-8-10)12(17-9)6-16-7-13(14)15/h2-3,10,13,16H,4-8H2,1H3/t10-/m1/s1. The van der Waals surface area contributed by atoms with Crippen molar-refractivity contribution in [2.24, 2.45) is 0 Å². The smallest absolute Gasteiger partial charge is 0.250 e. The lowest BCUT2D eigenvalue weighted by Gasteiger charge is -2.14. The van der Waals surface area contributed by atoms with Crippen LogP contribution in [0.4, 0.5) is 8.78 Å². The predicted molar refractivity (Wildman–Crippen MR) is 64.9 cm³/mol. The minimum atomic E-state index is -2.33. The van der Waals surface area contributed by atoms with Gasteiger partial charge in [-0.15, -0.1) is 0 Å². The topological polar surface area (TPSA) is 34.1 Å². The molecular formula is C13H18F2N2O. The molecule has 1 aliphatic rings. The molecule has 1 atom stereocenters. The molecule has 2 heterocycles. The maximum Gasteiger partial charge on any atom is 0.250 e. The molecule has 0 aliphatic carbocycles. The van der Waals surface area contributed by atoms with Crippen molar-refractivity contribution in [1.29, 1.82) is 0 Å². The molecule has 1 fully saturated rings. The zero-order chi connectivity index (χ0) is 13.0. The highest BCUT2D eigenvalue weighted by molar-refractivity contribution is 5.27. The molecule has 100 valence electrons. The van der Waals surface area contributed by atoms with Gasteiger partial charge in [0.15, 0.2) is 0 Å². The monoisotopic (exact) mass is 256 g/mol. The van der Waals surface area contributed by atoms with Crippen molar-refractivity contribution in [3.63, 3.8) is 0 Å². The van der Waals surface area contributed by atoms with Gasteiger partial charge in [0.2, 0.25) is 0 Å². The Morgan fingerprint density at radius 3 is 3.00 bits per heavy atom. The molecular weight excluding hydrogens is 238 g/mol. The van der Waals surface area contributed by atoms with Crippen LogP contribution in [0.15, 0.2) is 12.1 Å².